The van der Waals surface area contributed by atoms with Crippen LogP contribution in [-0.2, 0) is 13.9 Å². The summed E-state index contributed by atoms with van der Waals surface area (Å²) in [4.78, 5) is 0. The monoisotopic (exact) mass is 468 g/mol. The van der Waals surface area contributed by atoms with Gasteiger partial charge in [-0.15, -0.1) is 0 Å². The Morgan fingerprint density at radius 3 is 2.33 bits per heavy atom. The zero-order valence-electron chi connectivity index (χ0n) is 17.0. The van der Waals surface area contributed by atoms with Crippen LogP contribution in [0.15, 0.2) is 11.6 Å². The third kappa shape index (κ3) is 6.08. The first-order valence-corrected chi connectivity index (χ1v) is 13.5. The van der Waals surface area contributed by atoms with Crippen LogP contribution in [0.2, 0.25) is 18.1 Å². The van der Waals surface area contributed by atoms with Gasteiger partial charge in [0.1, 0.15) is 0 Å². The Kier molecular flexibility index (Phi) is 8.01. The first-order chi connectivity index (χ1) is 10.8. The fourth-order valence-corrected chi connectivity index (χ4v) is 4.58. The lowest BCUT2D eigenvalue weighted by Crippen LogP contribution is -2.51. The lowest BCUT2D eigenvalue weighted by atomic mass is 9.89. The minimum Gasteiger partial charge on any atom is -0.417 e. The molecule has 1 rings (SSSR count). The lowest BCUT2D eigenvalue weighted by Gasteiger charge is -2.46. The Hall–Kier alpha value is 0.567. The summed E-state index contributed by atoms with van der Waals surface area (Å²) < 4.78 is 19.8. The summed E-state index contributed by atoms with van der Waals surface area (Å²) in [5.74, 6) is -0.209. The second kappa shape index (κ2) is 8.50. The van der Waals surface area contributed by atoms with E-state index in [4.69, 9.17) is 13.9 Å². The average molecular weight is 468 g/mol. The average Bonchev–Trinajstić information content (AvgIpc) is 2.40. The van der Waals surface area contributed by atoms with E-state index in [1.54, 1.807) is 0 Å². The van der Waals surface area contributed by atoms with Gasteiger partial charge in [-0.1, -0.05) is 56.4 Å². The third-order valence-corrected chi connectivity index (χ3v) is 10.4. The lowest BCUT2D eigenvalue weighted by molar-refractivity contribution is -0.312. The summed E-state index contributed by atoms with van der Waals surface area (Å²) in [7, 11) is -1.70. The van der Waals surface area contributed by atoms with Crippen LogP contribution in [0.5, 0.6) is 0 Å². The highest BCUT2D eigenvalue weighted by atomic mass is 127. The van der Waals surface area contributed by atoms with Crippen molar-refractivity contribution in [1.29, 1.82) is 0 Å². The molecule has 5 heteroatoms. The molecule has 0 N–H and O–H groups in total. The SMILES string of the molecule is C/C(=C/CI)[C@@H]1OC(C)(C)O[C@@H](CCO[Si](C)(C)C(C)(C)C)[C@@H]1C. The Morgan fingerprint density at radius 1 is 1.25 bits per heavy atom. The van der Waals surface area contributed by atoms with Crippen molar-refractivity contribution in [3.8, 4) is 0 Å². The van der Waals surface area contributed by atoms with Gasteiger partial charge in [-0.25, -0.2) is 0 Å². The Labute approximate surface area is 164 Å². The van der Waals surface area contributed by atoms with Crippen molar-refractivity contribution >= 4 is 30.9 Å². The van der Waals surface area contributed by atoms with Crippen LogP contribution in [0.25, 0.3) is 0 Å². The molecule has 1 aliphatic heterocycles. The predicted octanol–water partition coefficient (Wildman–Crippen LogP) is 5.94. The zero-order valence-corrected chi connectivity index (χ0v) is 20.2. The molecule has 0 saturated carbocycles. The predicted molar refractivity (Wildman–Crippen MR) is 113 cm³/mol. The van der Waals surface area contributed by atoms with Crippen LogP contribution in [0.3, 0.4) is 0 Å². The minimum atomic E-state index is -1.70. The smallest absolute Gasteiger partial charge is 0.191 e. The van der Waals surface area contributed by atoms with E-state index < -0.39 is 14.1 Å². The van der Waals surface area contributed by atoms with Crippen LogP contribution in [-0.4, -0.2) is 37.3 Å². The van der Waals surface area contributed by atoms with Gasteiger partial charge in [-0.05, 0) is 50.9 Å². The molecule has 142 valence electrons. The summed E-state index contributed by atoms with van der Waals surface area (Å²) in [6.45, 7) is 20.7. The highest BCUT2D eigenvalue weighted by Crippen LogP contribution is 2.38. The zero-order chi connectivity index (χ0) is 18.8. The van der Waals surface area contributed by atoms with Crippen LogP contribution in [0.4, 0.5) is 0 Å². The number of allylic oxidation sites excluding steroid dienone is 1. The number of alkyl halides is 1. The highest BCUT2D eigenvalue weighted by molar-refractivity contribution is 14.1. The largest absolute Gasteiger partial charge is 0.417 e. The molecule has 0 aromatic carbocycles. The second-order valence-corrected chi connectivity index (χ2v) is 14.6. The van der Waals surface area contributed by atoms with E-state index in [2.05, 4.69) is 76.4 Å². The van der Waals surface area contributed by atoms with Gasteiger partial charge >= 0.3 is 0 Å². The normalized spacial score (nSPS) is 28.9. The van der Waals surface area contributed by atoms with Crippen LogP contribution >= 0.6 is 22.6 Å². The van der Waals surface area contributed by atoms with Gasteiger partial charge in [0.2, 0.25) is 0 Å². The fourth-order valence-electron chi connectivity index (χ4n) is 2.82. The van der Waals surface area contributed by atoms with Crippen molar-refractivity contribution in [1.82, 2.24) is 0 Å². The Balaban J connectivity index is 2.74. The minimum absolute atomic E-state index is 0.126. The first-order valence-electron chi connectivity index (χ1n) is 9.03. The maximum Gasteiger partial charge on any atom is 0.191 e. The second-order valence-electron chi connectivity index (χ2n) is 8.95. The van der Waals surface area contributed by atoms with Gasteiger partial charge in [0.05, 0.1) is 12.2 Å². The molecule has 0 aromatic heterocycles. The molecule has 0 bridgehead atoms. The number of halogens is 1. The molecular weight excluding hydrogens is 431 g/mol. The van der Waals surface area contributed by atoms with E-state index in [9.17, 15) is 0 Å². The quantitative estimate of drug-likeness (QED) is 0.209. The molecule has 0 spiro atoms. The molecule has 1 aliphatic rings. The number of hydrogen-bond donors (Lipinski definition) is 0. The first kappa shape index (κ1) is 22.6. The molecule has 24 heavy (non-hydrogen) atoms. The van der Waals surface area contributed by atoms with E-state index in [1.165, 1.54) is 5.57 Å². The summed E-state index contributed by atoms with van der Waals surface area (Å²) in [5.41, 5.74) is 1.31. The molecule has 1 fully saturated rings. The summed E-state index contributed by atoms with van der Waals surface area (Å²) in [5, 5.41) is 0.247. The Bertz CT molecular complexity index is 440. The maximum atomic E-state index is 6.36. The summed E-state index contributed by atoms with van der Waals surface area (Å²) in [6.07, 6.45) is 3.48. The molecule has 0 aromatic rings. The van der Waals surface area contributed by atoms with E-state index in [0.29, 0.717) is 5.92 Å². The van der Waals surface area contributed by atoms with Crippen LogP contribution < -0.4 is 0 Å². The molecule has 3 atom stereocenters. The van der Waals surface area contributed by atoms with E-state index in [0.717, 1.165) is 17.5 Å². The molecule has 1 heterocycles. The highest BCUT2D eigenvalue weighted by Gasteiger charge is 2.42. The van der Waals surface area contributed by atoms with Gasteiger partial charge in [0.25, 0.3) is 0 Å². The van der Waals surface area contributed by atoms with Gasteiger partial charge in [0.15, 0.2) is 14.1 Å². The van der Waals surface area contributed by atoms with Gasteiger partial charge in [-0.3, -0.25) is 0 Å². The van der Waals surface area contributed by atoms with E-state index >= 15 is 0 Å². The molecule has 0 aliphatic carbocycles. The summed E-state index contributed by atoms with van der Waals surface area (Å²) >= 11 is 2.38. The molecule has 3 nitrogen and oxygen atoms in total. The molecule has 1 saturated heterocycles. The van der Waals surface area contributed by atoms with Crippen molar-refractivity contribution in [3.05, 3.63) is 11.6 Å². The van der Waals surface area contributed by atoms with Crippen molar-refractivity contribution in [2.24, 2.45) is 5.92 Å². The molecule has 0 amide bonds. The fraction of sp³-hybridized carbons (Fsp3) is 0.895. The summed E-state index contributed by atoms with van der Waals surface area (Å²) in [6, 6.07) is 0. The van der Waals surface area contributed by atoms with Gasteiger partial charge in [0, 0.05) is 17.0 Å². The van der Waals surface area contributed by atoms with Gasteiger partial charge < -0.3 is 13.9 Å². The van der Waals surface area contributed by atoms with Crippen LogP contribution in [0, 0.1) is 5.92 Å². The Morgan fingerprint density at radius 2 is 1.83 bits per heavy atom. The molecule has 0 unspecified atom stereocenters. The number of hydrogen-bond acceptors (Lipinski definition) is 3. The van der Waals surface area contributed by atoms with Crippen molar-refractivity contribution in [3.63, 3.8) is 0 Å². The molecule has 0 radical (unpaired) electrons. The standard InChI is InChI=1S/C19H37IO3Si/c1-14(10-12-20)17-15(2)16(22-19(6,7)23-17)11-13-21-24(8,9)18(3,4)5/h10,15-17H,11-13H2,1-9H3/b14-10-/t15-,16-,17-/m0/s1. The van der Waals surface area contributed by atoms with E-state index in [-0.39, 0.29) is 17.2 Å². The topological polar surface area (TPSA) is 27.7 Å². The van der Waals surface area contributed by atoms with Crippen LogP contribution in [0.1, 0.15) is 54.9 Å². The van der Waals surface area contributed by atoms with Gasteiger partial charge in [-0.2, -0.15) is 0 Å². The van der Waals surface area contributed by atoms with Crippen molar-refractivity contribution in [2.45, 2.75) is 91.0 Å². The maximum absolute atomic E-state index is 6.36. The van der Waals surface area contributed by atoms with E-state index in [1.807, 2.05) is 13.8 Å². The number of rotatable bonds is 6. The third-order valence-electron chi connectivity index (χ3n) is 5.43. The number of ether oxygens (including phenoxy) is 2. The van der Waals surface area contributed by atoms with Crippen molar-refractivity contribution < 1.29 is 13.9 Å². The van der Waals surface area contributed by atoms with Crippen molar-refractivity contribution in [2.75, 3.05) is 11.0 Å². The molecular formula is C19H37IO3Si.